The van der Waals surface area contributed by atoms with Gasteiger partial charge in [-0.25, -0.2) is 4.98 Å². The fourth-order valence-electron chi connectivity index (χ4n) is 1.01. The van der Waals surface area contributed by atoms with Gasteiger partial charge in [0.15, 0.2) is 0 Å². The highest BCUT2D eigenvalue weighted by molar-refractivity contribution is 7.11. The van der Waals surface area contributed by atoms with Crippen molar-refractivity contribution in [3.05, 3.63) is 45.7 Å². The third-order valence-electron chi connectivity index (χ3n) is 1.80. The first-order valence-electron chi connectivity index (χ1n) is 4.86. The van der Waals surface area contributed by atoms with Crippen molar-refractivity contribution in [1.29, 1.82) is 0 Å². The minimum Gasteiger partial charge on any atom is -0.261 e. The topological polar surface area (TPSA) is 25.8 Å². The number of nitrogens with zero attached hydrogens (tertiary/aromatic N) is 2. The van der Waals surface area contributed by atoms with Gasteiger partial charge >= 0.3 is 0 Å². The van der Waals surface area contributed by atoms with E-state index in [1.54, 1.807) is 11.3 Å². The molecule has 0 aliphatic rings. The molecule has 0 aromatic carbocycles. The van der Waals surface area contributed by atoms with E-state index < -0.39 is 0 Å². The SMILES string of the molecule is C.Cc1ccc(C)nc1.Cc1cnc(C)s1. The second-order valence-electron chi connectivity index (χ2n) is 3.47. The Bertz CT molecular complexity index is 367. The molecule has 3 heteroatoms. The van der Waals surface area contributed by atoms with Crippen molar-refractivity contribution in [2.45, 2.75) is 35.1 Å². The summed E-state index contributed by atoms with van der Waals surface area (Å²) < 4.78 is 0. The molecule has 0 radical (unpaired) electrons. The van der Waals surface area contributed by atoms with Gasteiger partial charge in [0, 0.05) is 23.0 Å². The van der Waals surface area contributed by atoms with E-state index in [1.807, 2.05) is 39.2 Å². The van der Waals surface area contributed by atoms with Gasteiger partial charge in [0.05, 0.1) is 5.01 Å². The maximum Gasteiger partial charge on any atom is 0.0896 e. The zero-order valence-corrected chi connectivity index (χ0v) is 10.4. The molecule has 2 aromatic rings. The Balaban J connectivity index is 0.000000267. The molecule has 0 unspecified atom stereocenters. The molecule has 0 atom stereocenters. The van der Waals surface area contributed by atoms with Crippen LogP contribution in [0.1, 0.15) is 28.6 Å². The summed E-state index contributed by atoms with van der Waals surface area (Å²) in [6, 6.07) is 4.07. The molecule has 2 heterocycles. The molecule has 0 spiro atoms. The minimum absolute atomic E-state index is 0. The van der Waals surface area contributed by atoms with Crippen molar-refractivity contribution in [2.75, 3.05) is 0 Å². The number of rotatable bonds is 0. The van der Waals surface area contributed by atoms with Crippen LogP contribution in [0.3, 0.4) is 0 Å². The van der Waals surface area contributed by atoms with Gasteiger partial charge in [-0.1, -0.05) is 13.5 Å². The minimum atomic E-state index is 0. The van der Waals surface area contributed by atoms with Crippen molar-refractivity contribution in [2.24, 2.45) is 0 Å². The van der Waals surface area contributed by atoms with Crippen LogP contribution in [0.5, 0.6) is 0 Å². The number of pyridine rings is 1. The number of hydrogen-bond donors (Lipinski definition) is 0. The average Bonchev–Trinajstić information content (AvgIpc) is 2.56. The van der Waals surface area contributed by atoms with Gasteiger partial charge in [0.1, 0.15) is 0 Å². The molecular formula is C13H20N2S. The maximum atomic E-state index is 4.08. The van der Waals surface area contributed by atoms with E-state index in [-0.39, 0.29) is 7.43 Å². The Morgan fingerprint density at radius 1 is 0.938 bits per heavy atom. The monoisotopic (exact) mass is 236 g/mol. The van der Waals surface area contributed by atoms with Crippen molar-refractivity contribution in [3.8, 4) is 0 Å². The summed E-state index contributed by atoms with van der Waals surface area (Å²) in [6.07, 6.45) is 3.76. The van der Waals surface area contributed by atoms with Crippen LogP contribution in [-0.4, -0.2) is 9.97 Å². The van der Waals surface area contributed by atoms with Crippen LogP contribution >= 0.6 is 11.3 Å². The van der Waals surface area contributed by atoms with Crippen molar-refractivity contribution >= 4 is 11.3 Å². The van der Waals surface area contributed by atoms with E-state index in [1.165, 1.54) is 10.4 Å². The molecule has 0 N–H and O–H groups in total. The highest BCUT2D eigenvalue weighted by Gasteiger charge is 1.86. The Labute approximate surface area is 102 Å². The molecule has 0 fully saturated rings. The lowest BCUT2D eigenvalue weighted by atomic mass is 10.3. The largest absolute Gasteiger partial charge is 0.261 e. The zero-order valence-electron chi connectivity index (χ0n) is 9.61. The van der Waals surface area contributed by atoms with Crippen LogP contribution in [0, 0.1) is 27.7 Å². The first kappa shape index (κ1) is 14.8. The first-order chi connectivity index (χ1) is 7.08. The van der Waals surface area contributed by atoms with Crippen LogP contribution in [0.15, 0.2) is 24.5 Å². The number of aromatic nitrogens is 2. The predicted molar refractivity (Wildman–Crippen MR) is 72.0 cm³/mol. The van der Waals surface area contributed by atoms with Crippen LogP contribution < -0.4 is 0 Å². The lowest BCUT2D eigenvalue weighted by Gasteiger charge is -1.89. The van der Waals surface area contributed by atoms with Crippen LogP contribution in [0.25, 0.3) is 0 Å². The summed E-state index contributed by atoms with van der Waals surface area (Å²) in [4.78, 5) is 9.40. The third kappa shape index (κ3) is 5.61. The maximum absolute atomic E-state index is 4.08. The Kier molecular flexibility index (Phi) is 6.58. The highest BCUT2D eigenvalue weighted by atomic mass is 32.1. The fraction of sp³-hybridized carbons (Fsp3) is 0.385. The summed E-state index contributed by atoms with van der Waals surface area (Å²) in [6.45, 7) is 8.09. The van der Waals surface area contributed by atoms with Gasteiger partial charge in [0.25, 0.3) is 0 Å². The van der Waals surface area contributed by atoms with Crippen molar-refractivity contribution in [1.82, 2.24) is 9.97 Å². The summed E-state index contributed by atoms with van der Waals surface area (Å²) in [5, 5.41) is 1.15. The van der Waals surface area contributed by atoms with E-state index in [0.29, 0.717) is 0 Å². The number of thiazole rings is 1. The van der Waals surface area contributed by atoms with Crippen LogP contribution in [0.2, 0.25) is 0 Å². The molecule has 0 aliphatic heterocycles. The van der Waals surface area contributed by atoms with Gasteiger partial charge in [-0.3, -0.25) is 4.98 Å². The quantitative estimate of drug-likeness (QED) is 0.688. The molecule has 16 heavy (non-hydrogen) atoms. The summed E-state index contributed by atoms with van der Waals surface area (Å²) >= 11 is 1.73. The molecule has 2 rings (SSSR count). The third-order valence-corrected chi connectivity index (χ3v) is 2.62. The molecule has 0 bridgehead atoms. The van der Waals surface area contributed by atoms with E-state index in [9.17, 15) is 0 Å². The molecular weight excluding hydrogens is 216 g/mol. The Morgan fingerprint density at radius 3 is 1.88 bits per heavy atom. The molecule has 0 aliphatic carbocycles. The molecule has 0 saturated heterocycles. The van der Waals surface area contributed by atoms with E-state index in [4.69, 9.17) is 0 Å². The molecule has 2 aromatic heterocycles. The number of hydrogen-bond acceptors (Lipinski definition) is 3. The zero-order chi connectivity index (χ0) is 11.3. The molecule has 2 nitrogen and oxygen atoms in total. The van der Waals surface area contributed by atoms with Crippen molar-refractivity contribution in [3.63, 3.8) is 0 Å². The normalized spacial score (nSPS) is 8.75. The van der Waals surface area contributed by atoms with Gasteiger partial charge in [0.2, 0.25) is 0 Å². The second-order valence-corrected chi connectivity index (χ2v) is 4.91. The molecule has 0 saturated carbocycles. The van der Waals surface area contributed by atoms with Crippen molar-refractivity contribution < 1.29 is 0 Å². The standard InChI is InChI=1S/C7H9N.C5H7NS.CH4/c1-6-3-4-7(2)8-5-6;1-4-3-6-5(2)7-4;/h3-5H,1-2H3;3H,1-2H3;1H4. The fourth-order valence-corrected chi connectivity index (χ4v) is 1.69. The molecule has 88 valence electrons. The number of aryl methyl sites for hydroxylation is 4. The summed E-state index contributed by atoms with van der Waals surface area (Å²) in [5.41, 5.74) is 2.30. The van der Waals surface area contributed by atoms with E-state index >= 15 is 0 Å². The lowest BCUT2D eigenvalue weighted by Crippen LogP contribution is -1.78. The summed E-state index contributed by atoms with van der Waals surface area (Å²) in [7, 11) is 0. The highest BCUT2D eigenvalue weighted by Crippen LogP contribution is 2.07. The molecule has 0 amide bonds. The Morgan fingerprint density at radius 2 is 1.62 bits per heavy atom. The predicted octanol–water partition coefficient (Wildman–Crippen LogP) is 4.09. The van der Waals surface area contributed by atoms with Crippen LogP contribution in [0.4, 0.5) is 0 Å². The Hall–Kier alpha value is -1.22. The van der Waals surface area contributed by atoms with Crippen LogP contribution in [-0.2, 0) is 0 Å². The van der Waals surface area contributed by atoms with Gasteiger partial charge < -0.3 is 0 Å². The van der Waals surface area contributed by atoms with Gasteiger partial charge in [-0.2, -0.15) is 0 Å². The first-order valence-corrected chi connectivity index (χ1v) is 5.68. The van der Waals surface area contributed by atoms with Gasteiger partial charge in [-0.15, -0.1) is 11.3 Å². The lowest BCUT2D eigenvalue weighted by molar-refractivity contribution is 1.17. The van der Waals surface area contributed by atoms with E-state index in [2.05, 4.69) is 23.0 Å². The second kappa shape index (κ2) is 7.12. The average molecular weight is 236 g/mol. The van der Waals surface area contributed by atoms with E-state index in [0.717, 1.165) is 10.7 Å². The summed E-state index contributed by atoms with van der Waals surface area (Å²) in [5.74, 6) is 0. The van der Waals surface area contributed by atoms with Gasteiger partial charge in [-0.05, 0) is 39.3 Å². The smallest absolute Gasteiger partial charge is 0.0896 e.